The quantitative estimate of drug-likeness (QED) is 0.686. The first-order valence-electron chi connectivity index (χ1n) is 8.54. The molecule has 2 rings (SSSR count). The van der Waals surface area contributed by atoms with E-state index in [1.54, 1.807) is 7.05 Å². The Balaban J connectivity index is 2.30. The maximum atomic E-state index is 11.4. The fourth-order valence-corrected chi connectivity index (χ4v) is 2.12. The van der Waals surface area contributed by atoms with Gasteiger partial charge in [0, 0.05) is 38.8 Å². The highest BCUT2D eigenvalue weighted by atomic mass is 16.5. The number of unbranched alkanes of at least 4 members (excludes halogenated alkanes) is 1. The molecule has 0 unspecified atom stereocenters. The van der Waals surface area contributed by atoms with Crippen LogP contribution in [0.2, 0.25) is 0 Å². The van der Waals surface area contributed by atoms with Crippen LogP contribution in [0.15, 0.2) is 16.9 Å². The minimum Gasteiger partial charge on any atom is -0.403 e. The van der Waals surface area contributed by atoms with Crippen LogP contribution in [0.1, 0.15) is 33.6 Å². The molecular weight excluding hydrogens is 322 g/mol. The van der Waals surface area contributed by atoms with Crippen LogP contribution in [-0.4, -0.2) is 44.4 Å². The number of nitrogens with one attached hydrogen (secondary N) is 1. The van der Waals surface area contributed by atoms with Gasteiger partial charge in [-0.3, -0.25) is 4.79 Å². The van der Waals surface area contributed by atoms with Gasteiger partial charge in [-0.2, -0.15) is 15.0 Å². The third-order valence-corrected chi connectivity index (χ3v) is 3.59. The largest absolute Gasteiger partial charge is 0.403 e. The zero-order chi connectivity index (χ0) is 18.2. The van der Waals surface area contributed by atoms with E-state index in [9.17, 15) is 4.79 Å². The van der Waals surface area contributed by atoms with Crippen molar-refractivity contribution in [3.8, 4) is 11.9 Å². The van der Waals surface area contributed by atoms with Gasteiger partial charge >= 0.3 is 6.01 Å². The number of nitrogens with zero attached hydrogens (tertiary/aromatic N) is 6. The maximum absolute atomic E-state index is 11.4. The van der Waals surface area contributed by atoms with Gasteiger partial charge in [0.25, 0.3) is 5.56 Å². The van der Waals surface area contributed by atoms with Crippen molar-refractivity contribution in [2.24, 2.45) is 7.05 Å². The average molecular weight is 347 g/mol. The van der Waals surface area contributed by atoms with Crippen LogP contribution in [0, 0.1) is 0 Å². The zero-order valence-electron chi connectivity index (χ0n) is 15.2. The Bertz CT molecular complexity index is 744. The molecule has 0 aliphatic heterocycles. The van der Waals surface area contributed by atoms with Gasteiger partial charge in [0.15, 0.2) is 0 Å². The Kier molecular flexibility index (Phi) is 6.67. The molecule has 0 spiro atoms. The van der Waals surface area contributed by atoms with Crippen LogP contribution in [0.25, 0.3) is 0 Å². The Morgan fingerprint density at radius 2 is 1.92 bits per heavy atom. The molecule has 0 atom stereocenters. The Morgan fingerprint density at radius 3 is 2.56 bits per heavy atom. The fourth-order valence-electron chi connectivity index (χ4n) is 2.12. The highest BCUT2D eigenvalue weighted by molar-refractivity contribution is 5.38. The van der Waals surface area contributed by atoms with Crippen LogP contribution in [-0.2, 0) is 7.05 Å². The molecule has 25 heavy (non-hydrogen) atoms. The molecule has 0 fully saturated rings. The van der Waals surface area contributed by atoms with E-state index in [1.807, 2.05) is 18.7 Å². The van der Waals surface area contributed by atoms with Crippen molar-refractivity contribution in [1.29, 1.82) is 0 Å². The van der Waals surface area contributed by atoms with E-state index >= 15 is 0 Å². The van der Waals surface area contributed by atoms with Gasteiger partial charge in [-0.15, -0.1) is 5.10 Å². The lowest BCUT2D eigenvalue weighted by molar-refractivity contribution is 0.406. The smallest absolute Gasteiger partial charge is 0.330 e. The van der Waals surface area contributed by atoms with Gasteiger partial charge < -0.3 is 15.0 Å². The van der Waals surface area contributed by atoms with Crippen LogP contribution in [0.5, 0.6) is 11.9 Å². The minimum absolute atomic E-state index is 0.141. The fraction of sp³-hybridized carbons (Fsp3) is 0.562. The Morgan fingerprint density at radius 1 is 1.16 bits per heavy atom. The van der Waals surface area contributed by atoms with Crippen LogP contribution in [0.3, 0.4) is 0 Å². The van der Waals surface area contributed by atoms with Crippen molar-refractivity contribution in [3.05, 3.63) is 22.5 Å². The Labute approximate surface area is 147 Å². The van der Waals surface area contributed by atoms with Gasteiger partial charge in [0.1, 0.15) is 0 Å². The van der Waals surface area contributed by atoms with Crippen LogP contribution < -0.4 is 20.5 Å². The number of hydrogen-bond donors (Lipinski definition) is 1. The summed E-state index contributed by atoms with van der Waals surface area (Å²) in [5.41, 5.74) is -0.214. The summed E-state index contributed by atoms with van der Waals surface area (Å²) in [6.45, 7) is 8.50. The SMILES string of the molecule is CCCCNc1nc(Oc2ccc(=O)n(C)n2)nc(N(CC)CC)n1. The van der Waals surface area contributed by atoms with Crippen molar-refractivity contribution in [2.75, 3.05) is 29.9 Å². The number of anilines is 2. The first-order valence-corrected chi connectivity index (χ1v) is 8.54. The molecule has 9 heteroatoms. The molecule has 0 bridgehead atoms. The summed E-state index contributed by atoms with van der Waals surface area (Å²) in [5.74, 6) is 1.25. The number of aromatic nitrogens is 5. The average Bonchev–Trinajstić information content (AvgIpc) is 2.59. The lowest BCUT2D eigenvalue weighted by Gasteiger charge is -2.19. The van der Waals surface area contributed by atoms with Crippen molar-refractivity contribution < 1.29 is 4.74 Å². The molecule has 2 heterocycles. The summed E-state index contributed by atoms with van der Waals surface area (Å²) >= 11 is 0. The molecular formula is C16H25N7O2. The highest BCUT2D eigenvalue weighted by Crippen LogP contribution is 2.19. The first-order chi connectivity index (χ1) is 12.1. The number of aryl methyl sites for hydroxylation is 1. The third-order valence-electron chi connectivity index (χ3n) is 3.59. The van der Waals surface area contributed by atoms with Crippen LogP contribution >= 0.6 is 0 Å². The number of hydrogen-bond acceptors (Lipinski definition) is 8. The predicted octanol–water partition coefficient (Wildman–Crippen LogP) is 1.82. The molecule has 0 aliphatic carbocycles. The summed E-state index contributed by atoms with van der Waals surface area (Å²) in [6, 6.07) is 3.02. The van der Waals surface area contributed by atoms with Gasteiger partial charge in [-0.25, -0.2) is 4.68 Å². The van der Waals surface area contributed by atoms with E-state index in [-0.39, 0.29) is 17.4 Å². The van der Waals surface area contributed by atoms with Gasteiger partial charge in [-0.05, 0) is 20.3 Å². The minimum atomic E-state index is -0.214. The third kappa shape index (κ3) is 5.13. The second kappa shape index (κ2) is 8.95. The van der Waals surface area contributed by atoms with Crippen molar-refractivity contribution >= 4 is 11.9 Å². The second-order valence-electron chi connectivity index (χ2n) is 5.43. The second-order valence-corrected chi connectivity index (χ2v) is 5.43. The van der Waals surface area contributed by atoms with Crippen molar-refractivity contribution in [2.45, 2.75) is 33.6 Å². The molecule has 0 aromatic carbocycles. The monoisotopic (exact) mass is 347 g/mol. The van der Waals surface area contributed by atoms with Gasteiger partial charge in [-0.1, -0.05) is 13.3 Å². The van der Waals surface area contributed by atoms with Crippen LogP contribution in [0.4, 0.5) is 11.9 Å². The molecule has 9 nitrogen and oxygen atoms in total. The molecule has 136 valence electrons. The molecule has 0 radical (unpaired) electrons. The molecule has 0 saturated heterocycles. The topological polar surface area (TPSA) is 98.1 Å². The molecule has 2 aromatic rings. The van der Waals surface area contributed by atoms with Crippen molar-refractivity contribution in [1.82, 2.24) is 24.7 Å². The maximum Gasteiger partial charge on any atom is 0.330 e. The standard InChI is InChI=1S/C16H25N7O2/c1-5-8-11-17-14-18-15(23(6-2)7-3)20-16(19-14)25-12-9-10-13(24)22(4)21-12/h9-10H,5-8,11H2,1-4H3,(H,17,18,19,20). The molecule has 0 aliphatic rings. The lowest BCUT2D eigenvalue weighted by atomic mass is 10.3. The Hall–Kier alpha value is -2.71. The van der Waals surface area contributed by atoms with Gasteiger partial charge in [0.2, 0.25) is 17.8 Å². The first kappa shape index (κ1) is 18.6. The van der Waals surface area contributed by atoms with E-state index in [1.165, 1.54) is 16.8 Å². The van der Waals surface area contributed by atoms with E-state index in [2.05, 4.69) is 32.3 Å². The van der Waals surface area contributed by atoms with E-state index in [4.69, 9.17) is 4.74 Å². The van der Waals surface area contributed by atoms with Crippen molar-refractivity contribution in [3.63, 3.8) is 0 Å². The number of rotatable bonds is 9. The molecule has 2 aromatic heterocycles. The molecule has 0 amide bonds. The summed E-state index contributed by atoms with van der Waals surface area (Å²) in [5, 5.41) is 7.23. The zero-order valence-corrected chi connectivity index (χ0v) is 15.2. The van der Waals surface area contributed by atoms with E-state index in [0.717, 1.165) is 32.5 Å². The number of ether oxygens (including phenoxy) is 1. The summed E-state index contributed by atoms with van der Waals surface area (Å²) in [6.07, 6.45) is 2.09. The molecule has 1 N–H and O–H groups in total. The van der Waals surface area contributed by atoms with E-state index in [0.29, 0.717) is 11.9 Å². The summed E-state index contributed by atoms with van der Waals surface area (Å²) in [7, 11) is 1.56. The van der Waals surface area contributed by atoms with E-state index < -0.39 is 0 Å². The molecule has 0 saturated carbocycles. The highest BCUT2D eigenvalue weighted by Gasteiger charge is 2.13. The summed E-state index contributed by atoms with van der Waals surface area (Å²) < 4.78 is 6.84. The lowest BCUT2D eigenvalue weighted by Crippen LogP contribution is -2.25. The predicted molar refractivity (Wildman–Crippen MR) is 96.3 cm³/mol. The summed E-state index contributed by atoms with van der Waals surface area (Å²) in [4.78, 5) is 26.6. The normalized spacial score (nSPS) is 10.6. The van der Waals surface area contributed by atoms with Gasteiger partial charge in [0.05, 0.1) is 0 Å².